The van der Waals surface area contributed by atoms with Crippen LogP contribution in [0.1, 0.15) is 30.4 Å². The Morgan fingerprint density at radius 2 is 1.56 bits per heavy atom. The van der Waals surface area contributed by atoms with Gasteiger partial charge >= 0.3 is 12.4 Å². The van der Waals surface area contributed by atoms with Crippen molar-refractivity contribution < 1.29 is 26.3 Å². The van der Waals surface area contributed by atoms with Gasteiger partial charge in [-0.3, -0.25) is 0 Å². The van der Waals surface area contributed by atoms with Crippen LogP contribution in [0.5, 0.6) is 0 Å². The van der Waals surface area contributed by atoms with Crippen LogP contribution in [-0.4, -0.2) is 29.5 Å². The number of rotatable bonds is 3. The SMILES string of the molecule is FC(F)(F)CC1(c2ccc(C(F)(F)F)cc2)CCN(c2cccnn2)CC1. The number of benzene rings is 1. The third-order valence-corrected chi connectivity index (χ3v) is 4.97. The maximum absolute atomic E-state index is 13.2. The fourth-order valence-corrected chi connectivity index (χ4v) is 3.59. The lowest BCUT2D eigenvalue weighted by Gasteiger charge is -2.43. The molecule has 3 nitrogen and oxygen atoms in total. The third kappa shape index (κ3) is 4.51. The number of anilines is 1. The number of piperidine rings is 1. The van der Waals surface area contributed by atoms with E-state index in [2.05, 4.69) is 10.2 Å². The molecule has 0 radical (unpaired) electrons. The zero-order valence-electron chi connectivity index (χ0n) is 14.2. The Bertz CT molecular complexity index is 747. The van der Waals surface area contributed by atoms with Crippen LogP contribution in [0.25, 0.3) is 0 Å². The van der Waals surface area contributed by atoms with E-state index < -0.39 is 29.8 Å². The van der Waals surface area contributed by atoms with E-state index in [9.17, 15) is 26.3 Å². The van der Waals surface area contributed by atoms with Crippen molar-refractivity contribution in [2.24, 2.45) is 0 Å². The minimum absolute atomic E-state index is 0.161. The Morgan fingerprint density at radius 1 is 0.926 bits per heavy atom. The number of nitrogens with zero attached hydrogens (tertiary/aromatic N) is 3. The Morgan fingerprint density at radius 3 is 2.04 bits per heavy atom. The summed E-state index contributed by atoms with van der Waals surface area (Å²) in [5.74, 6) is 0.575. The van der Waals surface area contributed by atoms with Gasteiger partial charge in [0.05, 0.1) is 12.0 Å². The van der Waals surface area contributed by atoms with Crippen LogP contribution in [0.4, 0.5) is 32.2 Å². The number of hydrogen-bond donors (Lipinski definition) is 0. The highest BCUT2D eigenvalue weighted by Crippen LogP contribution is 2.45. The predicted octanol–water partition coefficient (Wildman–Crippen LogP) is 4.99. The molecule has 1 fully saturated rings. The lowest BCUT2D eigenvalue weighted by molar-refractivity contribution is -0.150. The molecule has 1 saturated heterocycles. The van der Waals surface area contributed by atoms with Gasteiger partial charge in [0.1, 0.15) is 0 Å². The van der Waals surface area contributed by atoms with Crippen LogP contribution in [0, 0.1) is 0 Å². The minimum atomic E-state index is -4.52. The zero-order valence-corrected chi connectivity index (χ0v) is 14.2. The zero-order chi connectivity index (χ0) is 19.7. The van der Waals surface area contributed by atoms with Crippen molar-refractivity contribution in [2.45, 2.75) is 37.0 Å². The molecule has 0 bridgehead atoms. The lowest BCUT2D eigenvalue weighted by Crippen LogP contribution is -2.45. The van der Waals surface area contributed by atoms with Crippen molar-refractivity contribution in [2.75, 3.05) is 18.0 Å². The van der Waals surface area contributed by atoms with Gasteiger partial charge in [0.15, 0.2) is 5.82 Å². The summed E-state index contributed by atoms with van der Waals surface area (Å²) in [6.07, 6.45) is -8.19. The van der Waals surface area contributed by atoms with Crippen LogP contribution < -0.4 is 4.90 Å². The molecule has 0 spiro atoms. The van der Waals surface area contributed by atoms with E-state index in [0.29, 0.717) is 18.9 Å². The largest absolute Gasteiger partial charge is 0.416 e. The highest BCUT2D eigenvalue weighted by atomic mass is 19.4. The second kappa shape index (κ2) is 7.01. The van der Waals surface area contributed by atoms with Crippen LogP contribution in [0.2, 0.25) is 0 Å². The Labute approximate surface area is 152 Å². The van der Waals surface area contributed by atoms with Crippen molar-refractivity contribution in [3.05, 3.63) is 53.7 Å². The molecular weight excluding hydrogens is 372 g/mol. The summed E-state index contributed by atoms with van der Waals surface area (Å²) in [5.41, 5.74) is -1.84. The number of aromatic nitrogens is 2. The van der Waals surface area contributed by atoms with Gasteiger partial charge in [-0.05, 0) is 42.7 Å². The maximum Gasteiger partial charge on any atom is 0.416 e. The first-order valence-electron chi connectivity index (χ1n) is 8.36. The van der Waals surface area contributed by atoms with Gasteiger partial charge in [-0.25, -0.2) is 0 Å². The maximum atomic E-state index is 13.2. The topological polar surface area (TPSA) is 29.0 Å². The molecule has 146 valence electrons. The van der Waals surface area contributed by atoms with E-state index in [4.69, 9.17) is 0 Å². The molecule has 1 aliphatic rings. The molecule has 27 heavy (non-hydrogen) atoms. The fourth-order valence-electron chi connectivity index (χ4n) is 3.59. The van der Waals surface area contributed by atoms with Gasteiger partial charge in [-0.1, -0.05) is 12.1 Å². The molecule has 0 saturated carbocycles. The first-order valence-corrected chi connectivity index (χ1v) is 8.36. The summed E-state index contributed by atoms with van der Waals surface area (Å²) < 4.78 is 78.0. The van der Waals surface area contributed by atoms with E-state index in [1.807, 2.05) is 4.90 Å². The number of halogens is 6. The van der Waals surface area contributed by atoms with Gasteiger partial charge in [-0.2, -0.15) is 31.4 Å². The molecule has 1 aliphatic heterocycles. The number of hydrogen-bond acceptors (Lipinski definition) is 3. The molecule has 0 atom stereocenters. The van der Waals surface area contributed by atoms with E-state index in [1.165, 1.54) is 18.3 Å². The fraction of sp³-hybridized carbons (Fsp3) is 0.444. The van der Waals surface area contributed by atoms with Gasteiger partial charge < -0.3 is 4.90 Å². The van der Waals surface area contributed by atoms with E-state index >= 15 is 0 Å². The molecule has 0 aliphatic carbocycles. The molecule has 2 heterocycles. The first-order chi connectivity index (χ1) is 12.6. The average molecular weight is 389 g/mol. The van der Waals surface area contributed by atoms with Crippen LogP contribution in [-0.2, 0) is 11.6 Å². The molecule has 3 rings (SSSR count). The molecular formula is C18H17F6N3. The molecule has 9 heteroatoms. The van der Waals surface area contributed by atoms with Crippen molar-refractivity contribution >= 4 is 5.82 Å². The second-order valence-electron chi connectivity index (χ2n) is 6.72. The van der Waals surface area contributed by atoms with Crippen molar-refractivity contribution in [1.29, 1.82) is 0 Å². The molecule has 1 aromatic carbocycles. The molecule has 0 amide bonds. The first kappa shape index (κ1) is 19.4. The molecule has 0 N–H and O–H groups in total. The lowest BCUT2D eigenvalue weighted by atomic mass is 9.70. The quantitative estimate of drug-likeness (QED) is 0.693. The molecule has 1 aromatic heterocycles. The van der Waals surface area contributed by atoms with Gasteiger partial charge in [0, 0.05) is 24.7 Å². The number of alkyl halides is 6. The van der Waals surface area contributed by atoms with E-state index in [0.717, 1.165) is 12.1 Å². The third-order valence-electron chi connectivity index (χ3n) is 4.97. The highest BCUT2D eigenvalue weighted by molar-refractivity contribution is 5.39. The summed E-state index contributed by atoms with van der Waals surface area (Å²) >= 11 is 0. The monoisotopic (exact) mass is 389 g/mol. The summed E-state index contributed by atoms with van der Waals surface area (Å²) in [5, 5.41) is 7.73. The normalized spacial score (nSPS) is 17.8. The summed E-state index contributed by atoms with van der Waals surface area (Å²) in [6.45, 7) is 0.631. The average Bonchev–Trinajstić information content (AvgIpc) is 2.61. The van der Waals surface area contributed by atoms with Crippen molar-refractivity contribution in [3.63, 3.8) is 0 Å². The smallest absolute Gasteiger partial charge is 0.355 e. The van der Waals surface area contributed by atoms with Gasteiger partial charge in [0.25, 0.3) is 0 Å². The highest BCUT2D eigenvalue weighted by Gasteiger charge is 2.45. The Balaban J connectivity index is 1.86. The van der Waals surface area contributed by atoms with Crippen LogP contribution >= 0.6 is 0 Å². The van der Waals surface area contributed by atoms with Crippen LogP contribution in [0.3, 0.4) is 0 Å². The Hall–Kier alpha value is -2.32. The minimum Gasteiger partial charge on any atom is -0.355 e. The van der Waals surface area contributed by atoms with Gasteiger partial charge in [0.2, 0.25) is 0 Å². The summed E-state index contributed by atoms with van der Waals surface area (Å²) in [4.78, 5) is 1.84. The van der Waals surface area contributed by atoms with E-state index in [-0.39, 0.29) is 18.4 Å². The molecule has 0 unspecified atom stereocenters. The van der Waals surface area contributed by atoms with E-state index in [1.54, 1.807) is 12.1 Å². The molecule has 2 aromatic rings. The predicted molar refractivity (Wildman–Crippen MR) is 87.3 cm³/mol. The standard InChI is InChI=1S/C18H17F6N3/c19-17(20,21)12-16(13-3-5-14(6-4-13)18(22,23)24)7-10-27(11-8-16)15-2-1-9-25-26-15/h1-6,9H,7-8,10-12H2. The van der Waals surface area contributed by atoms with Crippen molar-refractivity contribution in [3.8, 4) is 0 Å². The van der Waals surface area contributed by atoms with Gasteiger partial charge in [-0.15, -0.1) is 5.10 Å². The summed E-state index contributed by atoms with van der Waals surface area (Å²) in [7, 11) is 0. The van der Waals surface area contributed by atoms with Crippen molar-refractivity contribution in [1.82, 2.24) is 10.2 Å². The second-order valence-corrected chi connectivity index (χ2v) is 6.72. The Kier molecular flexibility index (Phi) is 5.05. The summed E-state index contributed by atoms with van der Waals surface area (Å²) in [6, 6.07) is 7.46. The van der Waals surface area contributed by atoms with Crippen LogP contribution in [0.15, 0.2) is 42.6 Å².